The zero-order valence-electron chi connectivity index (χ0n) is 15.9. The molecule has 0 aromatic heterocycles. The van der Waals surface area contributed by atoms with Gasteiger partial charge in [-0.3, -0.25) is 4.99 Å². The molecule has 0 saturated heterocycles. The summed E-state index contributed by atoms with van der Waals surface area (Å²) in [6, 6.07) is 6.30. The molecule has 0 heterocycles. The minimum atomic E-state index is 1.00. The molecule has 0 bridgehead atoms. The lowest BCUT2D eigenvalue weighted by Crippen LogP contribution is -1.95. The second-order valence-corrected chi connectivity index (χ2v) is 6.36. The number of rotatable bonds is 6. The van der Waals surface area contributed by atoms with Gasteiger partial charge in [0.1, 0.15) is 0 Å². The molecular weight excluding hydrogens is 290 g/mol. The smallest absolute Gasteiger partial charge is 0.0668 e. The summed E-state index contributed by atoms with van der Waals surface area (Å²) in [5.74, 6) is 0. The topological polar surface area (TPSA) is 12.4 Å². The lowest BCUT2D eigenvalue weighted by atomic mass is 10.0. The van der Waals surface area contributed by atoms with Crippen LogP contribution in [0.2, 0.25) is 0 Å². The fourth-order valence-corrected chi connectivity index (χ4v) is 2.13. The van der Waals surface area contributed by atoms with Gasteiger partial charge < -0.3 is 0 Å². The molecule has 0 spiro atoms. The van der Waals surface area contributed by atoms with Crippen LogP contribution in [0, 0.1) is 6.92 Å². The summed E-state index contributed by atoms with van der Waals surface area (Å²) in [5, 5.41) is 0. The summed E-state index contributed by atoms with van der Waals surface area (Å²) in [5.41, 5.74) is 8.98. The van der Waals surface area contributed by atoms with Gasteiger partial charge in [-0.1, -0.05) is 60.7 Å². The lowest BCUT2D eigenvalue weighted by Gasteiger charge is -2.08. The molecule has 0 N–H and O–H groups in total. The summed E-state index contributed by atoms with van der Waals surface area (Å²) < 4.78 is 0. The van der Waals surface area contributed by atoms with E-state index >= 15 is 0 Å². The van der Waals surface area contributed by atoms with E-state index in [0.29, 0.717) is 0 Å². The number of allylic oxidation sites excluding steroid dienone is 8. The van der Waals surface area contributed by atoms with Gasteiger partial charge in [0.05, 0.1) is 5.69 Å². The van der Waals surface area contributed by atoms with Crippen molar-refractivity contribution >= 4 is 17.0 Å². The van der Waals surface area contributed by atoms with Crippen LogP contribution in [0.1, 0.15) is 45.7 Å². The van der Waals surface area contributed by atoms with Crippen LogP contribution in [0.25, 0.3) is 5.57 Å². The molecule has 0 aliphatic carbocycles. The van der Waals surface area contributed by atoms with Crippen molar-refractivity contribution in [3.05, 3.63) is 83.5 Å². The molecule has 126 valence electrons. The van der Waals surface area contributed by atoms with Crippen molar-refractivity contribution in [1.29, 1.82) is 0 Å². The van der Waals surface area contributed by atoms with Gasteiger partial charge in [-0.2, -0.15) is 0 Å². The highest BCUT2D eigenvalue weighted by Crippen LogP contribution is 2.25. The molecule has 0 atom stereocenters. The average Bonchev–Trinajstić information content (AvgIpc) is 2.52. The molecular formula is C23H29N. The first-order chi connectivity index (χ1) is 11.3. The lowest BCUT2D eigenvalue weighted by molar-refractivity contribution is 1.32. The van der Waals surface area contributed by atoms with Gasteiger partial charge >= 0.3 is 0 Å². The van der Waals surface area contributed by atoms with Crippen molar-refractivity contribution in [2.75, 3.05) is 0 Å². The summed E-state index contributed by atoms with van der Waals surface area (Å²) in [6.07, 6.45) is 8.00. The number of hydrogen-bond acceptors (Lipinski definition) is 1. The van der Waals surface area contributed by atoms with E-state index in [1.54, 1.807) is 6.08 Å². The molecule has 0 aliphatic heterocycles. The van der Waals surface area contributed by atoms with E-state index in [1.165, 1.54) is 16.7 Å². The van der Waals surface area contributed by atoms with E-state index in [9.17, 15) is 0 Å². The fraction of sp³-hybridized carbons (Fsp3) is 0.261. The van der Waals surface area contributed by atoms with Crippen molar-refractivity contribution in [2.24, 2.45) is 4.99 Å². The molecule has 1 aromatic carbocycles. The first kappa shape index (κ1) is 19.6. The maximum atomic E-state index is 4.83. The molecule has 1 aromatic rings. The van der Waals surface area contributed by atoms with Crippen molar-refractivity contribution < 1.29 is 0 Å². The summed E-state index contributed by atoms with van der Waals surface area (Å²) in [6.45, 7) is 20.2. The van der Waals surface area contributed by atoms with Crippen LogP contribution in [0.3, 0.4) is 0 Å². The molecule has 1 heteroatoms. The molecule has 0 fully saturated rings. The predicted molar refractivity (Wildman–Crippen MR) is 110 cm³/mol. The van der Waals surface area contributed by atoms with Crippen LogP contribution in [-0.2, 0) is 0 Å². The van der Waals surface area contributed by atoms with E-state index in [0.717, 1.165) is 28.1 Å². The van der Waals surface area contributed by atoms with E-state index in [4.69, 9.17) is 4.99 Å². The largest absolute Gasteiger partial charge is 0.253 e. The molecule has 0 saturated carbocycles. The van der Waals surface area contributed by atoms with Crippen molar-refractivity contribution in [2.45, 2.75) is 41.5 Å². The third-order valence-electron chi connectivity index (χ3n) is 3.92. The molecule has 24 heavy (non-hydrogen) atoms. The fourth-order valence-electron chi connectivity index (χ4n) is 2.13. The van der Waals surface area contributed by atoms with Gasteiger partial charge in [0, 0.05) is 5.71 Å². The van der Waals surface area contributed by atoms with Gasteiger partial charge in [-0.15, -0.1) is 0 Å². The van der Waals surface area contributed by atoms with Crippen LogP contribution in [0.15, 0.2) is 77.4 Å². The molecule has 0 amide bonds. The zero-order chi connectivity index (χ0) is 18.3. The maximum Gasteiger partial charge on any atom is 0.0668 e. The second-order valence-electron chi connectivity index (χ2n) is 6.36. The summed E-state index contributed by atoms with van der Waals surface area (Å²) in [4.78, 5) is 4.83. The zero-order valence-corrected chi connectivity index (χ0v) is 15.9. The van der Waals surface area contributed by atoms with Crippen LogP contribution in [0.5, 0.6) is 0 Å². The number of hydrogen-bond donors (Lipinski definition) is 0. The van der Waals surface area contributed by atoms with Crippen LogP contribution in [-0.4, -0.2) is 5.71 Å². The predicted octanol–water partition coefficient (Wildman–Crippen LogP) is 7.15. The van der Waals surface area contributed by atoms with Gasteiger partial charge in [0.25, 0.3) is 0 Å². The number of nitrogens with zero attached hydrogens (tertiary/aromatic N) is 1. The first-order valence-corrected chi connectivity index (χ1v) is 8.23. The van der Waals surface area contributed by atoms with Gasteiger partial charge in [-0.05, 0) is 69.9 Å². The Morgan fingerprint density at radius 2 is 1.75 bits per heavy atom. The van der Waals surface area contributed by atoms with Gasteiger partial charge in [-0.25, -0.2) is 0 Å². The Morgan fingerprint density at radius 1 is 1.08 bits per heavy atom. The maximum absolute atomic E-state index is 4.83. The van der Waals surface area contributed by atoms with E-state index in [-0.39, 0.29) is 0 Å². The highest BCUT2D eigenvalue weighted by molar-refractivity contribution is 6.00. The molecule has 0 radical (unpaired) electrons. The minimum absolute atomic E-state index is 1.00. The van der Waals surface area contributed by atoms with E-state index < -0.39 is 0 Å². The Bertz CT molecular complexity index is 748. The van der Waals surface area contributed by atoms with Crippen LogP contribution >= 0.6 is 0 Å². The Hall–Kier alpha value is -2.41. The van der Waals surface area contributed by atoms with Crippen LogP contribution < -0.4 is 0 Å². The molecule has 1 rings (SSSR count). The summed E-state index contributed by atoms with van der Waals surface area (Å²) >= 11 is 0. The van der Waals surface area contributed by atoms with Crippen LogP contribution in [0.4, 0.5) is 5.69 Å². The third kappa shape index (κ3) is 5.66. The minimum Gasteiger partial charge on any atom is -0.253 e. The van der Waals surface area contributed by atoms with Gasteiger partial charge in [0.15, 0.2) is 0 Å². The normalized spacial score (nSPS) is 12.4. The average molecular weight is 319 g/mol. The molecule has 0 unspecified atom stereocenters. The highest BCUT2D eigenvalue weighted by atomic mass is 14.7. The first-order valence-electron chi connectivity index (χ1n) is 8.23. The second kappa shape index (κ2) is 9.02. The number of benzene rings is 1. The van der Waals surface area contributed by atoms with Gasteiger partial charge in [0.2, 0.25) is 0 Å². The van der Waals surface area contributed by atoms with E-state index in [1.807, 2.05) is 13.0 Å². The van der Waals surface area contributed by atoms with Crippen molar-refractivity contribution in [1.82, 2.24) is 0 Å². The Morgan fingerprint density at radius 3 is 2.29 bits per heavy atom. The SMILES string of the molecule is C=C/C=C\C(/C=C(C)/C(C)=N/c1cc(C(=C)C)ccc1C)=C(C)C. The molecule has 1 nitrogen and oxygen atoms in total. The Labute approximate surface area is 147 Å². The molecule has 0 aliphatic rings. The highest BCUT2D eigenvalue weighted by Gasteiger charge is 2.03. The Kier molecular flexibility index (Phi) is 7.38. The quantitative estimate of drug-likeness (QED) is 0.390. The third-order valence-corrected chi connectivity index (χ3v) is 3.92. The Balaban J connectivity index is 3.25. The van der Waals surface area contributed by atoms with Crippen molar-refractivity contribution in [3.8, 4) is 0 Å². The summed E-state index contributed by atoms with van der Waals surface area (Å²) in [7, 11) is 0. The van der Waals surface area contributed by atoms with E-state index in [2.05, 4.69) is 78.1 Å². The monoisotopic (exact) mass is 319 g/mol. The standard InChI is InChI=1S/C23H29N/c1-9-10-11-21(16(2)3)14-19(7)20(8)24-23-15-22(17(4)5)13-12-18(23)6/h9-15H,1,4H2,2-3,5-8H3/b11-10-,19-14+,24-20+. The number of aliphatic imine (C=N–C) groups is 1. The van der Waals surface area contributed by atoms with Crippen molar-refractivity contribution in [3.63, 3.8) is 0 Å². The number of aryl methyl sites for hydroxylation is 1.